The van der Waals surface area contributed by atoms with Gasteiger partial charge in [0.25, 0.3) is 15.9 Å². The SMILES string of the molecule is Cc1ccc(-c2nn(-c3ccccc3)cc2/C=N\NC(=O)c2ccc(NS(=O)(=O)c3ccc(Cl)cc3)cc2)cc1. The van der Waals surface area contributed by atoms with E-state index in [1.807, 2.05) is 67.7 Å². The van der Waals surface area contributed by atoms with Crippen LogP contribution in [0.1, 0.15) is 21.5 Å². The van der Waals surface area contributed by atoms with Gasteiger partial charge in [0, 0.05) is 33.6 Å². The van der Waals surface area contributed by atoms with Crippen LogP contribution in [-0.4, -0.2) is 30.3 Å². The van der Waals surface area contributed by atoms with E-state index in [2.05, 4.69) is 15.2 Å². The summed E-state index contributed by atoms with van der Waals surface area (Å²) in [5.41, 5.74) is 7.54. The van der Waals surface area contributed by atoms with E-state index in [0.29, 0.717) is 16.3 Å². The summed E-state index contributed by atoms with van der Waals surface area (Å²) in [6.45, 7) is 2.02. The highest BCUT2D eigenvalue weighted by Gasteiger charge is 2.15. The lowest BCUT2D eigenvalue weighted by molar-refractivity contribution is 0.0955. The molecule has 10 heteroatoms. The van der Waals surface area contributed by atoms with Gasteiger partial charge in [0.15, 0.2) is 0 Å². The number of aryl methyl sites for hydroxylation is 1. The highest BCUT2D eigenvalue weighted by atomic mass is 35.5. The average Bonchev–Trinajstić information content (AvgIpc) is 3.38. The van der Waals surface area contributed by atoms with Gasteiger partial charge in [0.2, 0.25) is 0 Å². The van der Waals surface area contributed by atoms with E-state index in [-0.39, 0.29) is 4.90 Å². The molecule has 0 unspecified atom stereocenters. The number of rotatable bonds is 8. The maximum atomic E-state index is 12.7. The maximum Gasteiger partial charge on any atom is 0.271 e. The summed E-state index contributed by atoms with van der Waals surface area (Å²) in [6.07, 6.45) is 3.40. The van der Waals surface area contributed by atoms with Crippen molar-refractivity contribution in [1.82, 2.24) is 15.2 Å². The number of hydrogen-bond acceptors (Lipinski definition) is 5. The lowest BCUT2D eigenvalue weighted by Crippen LogP contribution is -2.18. The summed E-state index contributed by atoms with van der Waals surface area (Å²) < 4.78 is 29.4. The van der Waals surface area contributed by atoms with E-state index >= 15 is 0 Å². The lowest BCUT2D eigenvalue weighted by atomic mass is 10.1. The largest absolute Gasteiger partial charge is 0.280 e. The summed E-state index contributed by atoms with van der Waals surface area (Å²) in [5, 5.41) is 9.35. The van der Waals surface area contributed by atoms with E-state index in [4.69, 9.17) is 16.7 Å². The zero-order valence-electron chi connectivity index (χ0n) is 21.3. The van der Waals surface area contributed by atoms with Crippen molar-refractivity contribution in [3.8, 4) is 16.9 Å². The maximum absolute atomic E-state index is 12.7. The number of para-hydroxylation sites is 1. The molecule has 2 N–H and O–H groups in total. The van der Waals surface area contributed by atoms with Gasteiger partial charge in [-0.05, 0) is 67.6 Å². The summed E-state index contributed by atoms with van der Waals surface area (Å²) in [6, 6.07) is 29.6. The molecule has 1 aromatic heterocycles. The van der Waals surface area contributed by atoms with Crippen molar-refractivity contribution in [1.29, 1.82) is 0 Å². The molecule has 0 saturated heterocycles. The van der Waals surface area contributed by atoms with Crippen LogP contribution in [0.2, 0.25) is 5.02 Å². The Morgan fingerprint density at radius 2 is 1.57 bits per heavy atom. The monoisotopic (exact) mass is 569 g/mol. The number of carbonyl (C=O) groups excluding carboxylic acids is 1. The van der Waals surface area contributed by atoms with Crippen molar-refractivity contribution in [2.75, 3.05) is 4.72 Å². The highest BCUT2D eigenvalue weighted by molar-refractivity contribution is 7.92. The number of hydrazone groups is 1. The summed E-state index contributed by atoms with van der Waals surface area (Å²) in [7, 11) is -3.80. The molecule has 0 spiro atoms. The molecule has 0 atom stereocenters. The molecule has 5 rings (SSSR count). The molecule has 5 aromatic rings. The van der Waals surface area contributed by atoms with Gasteiger partial charge in [-0.1, -0.05) is 59.6 Å². The number of benzene rings is 4. The fourth-order valence-corrected chi connectivity index (χ4v) is 5.06. The number of nitrogens with zero attached hydrogens (tertiary/aromatic N) is 3. The second-order valence-corrected chi connectivity index (χ2v) is 11.0. The van der Waals surface area contributed by atoms with Crippen molar-refractivity contribution in [3.05, 3.63) is 131 Å². The molecule has 0 saturated carbocycles. The zero-order valence-corrected chi connectivity index (χ0v) is 22.9. The Hall–Kier alpha value is -4.73. The third kappa shape index (κ3) is 6.28. The third-order valence-electron chi connectivity index (χ3n) is 5.98. The molecule has 40 heavy (non-hydrogen) atoms. The van der Waals surface area contributed by atoms with Crippen molar-refractivity contribution in [3.63, 3.8) is 0 Å². The van der Waals surface area contributed by atoms with E-state index in [0.717, 1.165) is 28.1 Å². The van der Waals surface area contributed by atoms with Crippen molar-refractivity contribution < 1.29 is 13.2 Å². The highest BCUT2D eigenvalue weighted by Crippen LogP contribution is 2.23. The van der Waals surface area contributed by atoms with Gasteiger partial charge in [-0.25, -0.2) is 18.5 Å². The molecule has 8 nitrogen and oxygen atoms in total. The number of amides is 1. The first-order chi connectivity index (χ1) is 19.3. The van der Waals surface area contributed by atoms with Gasteiger partial charge in [-0.3, -0.25) is 9.52 Å². The molecule has 4 aromatic carbocycles. The van der Waals surface area contributed by atoms with Crippen molar-refractivity contribution in [2.24, 2.45) is 5.10 Å². The van der Waals surface area contributed by atoms with Crippen LogP contribution in [0, 0.1) is 6.92 Å². The first-order valence-electron chi connectivity index (χ1n) is 12.2. The van der Waals surface area contributed by atoms with Gasteiger partial charge in [0.05, 0.1) is 16.8 Å². The van der Waals surface area contributed by atoms with Crippen LogP contribution in [0.25, 0.3) is 16.9 Å². The smallest absolute Gasteiger partial charge is 0.271 e. The van der Waals surface area contributed by atoms with Crippen molar-refractivity contribution >= 4 is 39.4 Å². The molecule has 0 fully saturated rings. The fraction of sp³-hybridized carbons (Fsp3) is 0.0333. The van der Waals surface area contributed by atoms with Gasteiger partial charge in [-0.15, -0.1) is 0 Å². The van der Waals surface area contributed by atoms with Crippen LogP contribution in [0.5, 0.6) is 0 Å². The quantitative estimate of drug-likeness (QED) is 0.175. The van der Waals surface area contributed by atoms with E-state index in [1.165, 1.54) is 48.5 Å². The van der Waals surface area contributed by atoms with Crippen LogP contribution in [0.3, 0.4) is 0 Å². The van der Waals surface area contributed by atoms with Crippen LogP contribution in [-0.2, 0) is 10.0 Å². The minimum absolute atomic E-state index is 0.0775. The lowest BCUT2D eigenvalue weighted by Gasteiger charge is -2.08. The molecule has 200 valence electrons. The first-order valence-corrected chi connectivity index (χ1v) is 14.1. The standard InChI is InChI=1S/C30H24ClN5O3S/c1-21-7-9-22(10-8-21)29-24(20-36(34-29)27-5-3-2-4-6-27)19-32-33-30(37)23-11-15-26(16-12-23)35-40(38,39)28-17-13-25(31)14-18-28/h2-20,35H,1H3,(H,33,37)/b32-19-. The van der Waals surface area contributed by atoms with Crippen molar-refractivity contribution in [2.45, 2.75) is 11.8 Å². The molecule has 0 aliphatic carbocycles. The van der Waals surface area contributed by atoms with Crippen LogP contribution < -0.4 is 10.1 Å². The predicted molar refractivity (Wildman–Crippen MR) is 157 cm³/mol. The van der Waals surface area contributed by atoms with Gasteiger partial charge in [0.1, 0.15) is 5.69 Å². The summed E-state index contributed by atoms with van der Waals surface area (Å²) >= 11 is 5.84. The van der Waals surface area contributed by atoms with E-state index < -0.39 is 15.9 Å². The van der Waals surface area contributed by atoms with Crippen LogP contribution >= 0.6 is 11.6 Å². The number of carbonyl (C=O) groups is 1. The number of anilines is 1. The Kier molecular flexibility index (Phi) is 7.77. The predicted octanol–water partition coefficient (Wildman–Crippen LogP) is 6.07. The Morgan fingerprint density at radius 3 is 2.25 bits per heavy atom. The summed E-state index contributed by atoms with van der Waals surface area (Å²) in [4.78, 5) is 12.8. The Labute approximate surface area is 237 Å². The van der Waals surface area contributed by atoms with E-state index in [9.17, 15) is 13.2 Å². The second-order valence-electron chi connectivity index (χ2n) is 8.92. The third-order valence-corrected chi connectivity index (χ3v) is 7.63. The molecule has 1 amide bonds. The second kappa shape index (κ2) is 11.6. The topological polar surface area (TPSA) is 105 Å². The Balaban J connectivity index is 1.30. The first kappa shape index (κ1) is 26.9. The molecule has 0 bridgehead atoms. The average molecular weight is 570 g/mol. The molecule has 0 aliphatic heterocycles. The molecule has 0 radical (unpaired) electrons. The fourth-order valence-electron chi connectivity index (χ4n) is 3.87. The number of sulfonamides is 1. The molecular weight excluding hydrogens is 546 g/mol. The molecule has 0 aliphatic rings. The number of halogens is 1. The Morgan fingerprint density at radius 1 is 0.900 bits per heavy atom. The molecule has 1 heterocycles. The minimum Gasteiger partial charge on any atom is -0.280 e. The zero-order chi connectivity index (χ0) is 28.1. The number of hydrogen-bond donors (Lipinski definition) is 2. The van der Waals surface area contributed by atoms with Crippen LogP contribution in [0.4, 0.5) is 5.69 Å². The number of nitrogens with one attached hydrogen (secondary N) is 2. The van der Waals surface area contributed by atoms with E-state index in [1.54, 1.807) is 10.9 Å². The minimum atomic E-state index is -3.80. The van der Waals surface area contributed by atoms with Gasteiger partial charge >= 0.3 is 0 Å². The van der Waals surface area contributed by atoms with Crippen LogP contribution in [0.15, 0.2) is 119 Å². The summed E-state index contributed by atoms with van der Waals surface area (Å²) in [5.74, 6) is -0.448. The van der Waals surface area contributed by atoms with Gasteiger partial charge in [-0.2, -0.15) is 10.2 Å². The van der Waals surface area contributed by atoms with Gasteiger partial charge < -0.3 is 0 Å². The normalized spacial score (nSPS) is 11.4. The molecular formula is C30H24ClN5O3S. The Bertz CT molecular complexity index is 1770. The number of aromatic nitrogens is 2.